The van der Waals surface area contributed by atoms with Crippen LogP contribution in [-0.4, -0.2) is 10.9 Å². The first kappa shape index (κ1) is 12.5. The van der Waals surface area contributed by atoms with Crippen molar-refractivity contribution < 1.29 is 9.18 Å². The molecule has 1 amide bonds. The van der Waals surface area contributed by atoms with Gasteiger partial charge in [-0.2, -0.15) is 0 Å². The number of carbonyl (C=O) groups excluding carboxylic acids is 1. The van der Waals surface area contributed by atoms with Crippen molar-refractivity contribution in [2.45, 2.75) is 6.92 Å². The molecule has 1 aromatic carbocycles. The number of amides is 1. The van der Waals surface area contributed by atoms with Crippen molar-refractivity contribution in [3.05, 3.63) is 58.6 Å². The molecule has 0 unspecified atom stereocenters. The molecule has 0 bridgehead atoms. The van der Waals surface area contributed by atoms with Crippen LogP contribution in [-0.2, 0) is 0 Å². The number of carbonyl (C=O) groups is 1. The number of anilines is 1. The minimum Gasteiger partial charge on any atom is -0.321 e. The first-order chi connectivity index (χ1) is 8.58. The van der Waals surface area contributed by atoms with Gasteiger partial charge in [-0.1, -0.05) is 17.7 Å². The molecule has 2 aromatic rings. The molecule has 0 saturated carbocycles. The molecule has 0 aliphatic carbocycles. The second-order valence-corrected chi connectivity index (χ2v) is 4.20. The van der Waals surface area contributed by atoms with E-state index in [1.54, 1.807) is 12.1 Å². The molecule has 0 radical (unpaired) electrons. The van der Waals surface area contributed by atoms with Crippen LogP contribution in [0.5, 0.6) is 0 Å². The Morgan fingerprint density at radius 1 is 1.39 bits per heavy atom. The van der Waals surface area contributed by atoms with E-state index in [1.165, 1.54) is 12.3 Å². The average Bonchev–Trinajstić information content (AvgIpc) is 2.33. The van der Waals surface area contributed by atoms with E-state index < -0.39 is 11.7 Å². The second-order valence-electron chi connectivity index (χ2n) is 3.79. The van der Waals surface area contributed by atoms with E-state index >= 15 is 0 Å². The Labute approximate surface area is 109 Å². The van der Waals surface area contributed by atoms with Gasteiger partial charge >= 0.3 is 0 Å². The lowest BCUT2D eigenvalue weighted by molar-refractivity contribution is 0.102. The number of hydrogen-bond donors (Lipinski definition) is 1. The summed E-state index contributed by atoms with van der Waals surface area (Å²) in [4.78, 5) is 15.4. The van der Waals surface area contributed by atoms with E-state index in [0.29, 0.717) is 10.7 Å². The maximum atomic E-state index is 13.4. The third-order valence-corrected chi connectivity index (χ3v) is 2.70. The molecule has 0 fully saturated rings. The van der Waals surface area contributed by atoms with Crippen LogP contribution >= 0.6 is 11.6 Å². The molecule has 0 saturated heterocycles. The predicted molar refractivity (Wildman–Crippen MR) is 68.3 cm³/mol. The largest absolute Gasteiger partial charge is 0.321 e. The second kappa shape index (κ2) is 5.14. The Morgan fingerprint density at radius 2 is 2.17 bits per heavy atom. The van der Waals surface area contributed by atoms with E-state index in [4.69, 9.17) is 11.6 Å². The van der Waals surface area contributed by atoms with Crippen LogP contribution in [0.15, 0.2) is 36.7 Å². The van der Waals surface area contributed by atoms with Crippen LogP contribution in [0.3, 0.4) is 0 Å². The van der Waals surface area contributed by atoms with Gasteiger partial charge in [0.2, 0.25) is 0 Å². The molecule has 0 aliphatic rings. The van der Waals surface area contributed by atoms with Crippen molar-refractivity contribution in [2.75, 3.05) is 5.32 Å². The zero-order chi connectivity index (χ0) is 13.1. The predicted octanol–water partition coefficient (Wildman–Crippen LogP) is 3.43. The molecule has 2 rings (SSSR count). The number of aromatic nitrogens is 1. The molecule has 1 N–H and O–H groups in total. The summed E-state index contributed by atoms with van der Waals surface area (Å²) in [5, 5.41) is 2.97. The molecule has 1 heterocycles. The van der Waals surface area contributed by atoms with E-state index in [-0.39, 0.29) is 5.56 Å². The van der Waals surface area contributed by atoms with Gasteiger partial charge in [-0.15, -0.1) is 0 Å². The smallest absolute Gasteiger partial charge is 0.258 e. The number of rotatable bonds is 2. The number of benzene rings is 1. The summed E-state index contributed by atoms with van der Waals surface area (Å²) in [5.74, 6) is -1.22. The fraction of sp³-hybridized carbons (Fsp3) is 0.0769. The van der Waals surface area contributed by atoms with E-state index in [2.05, 4.69) is 10.3 Å². The van der Waals surface area contributed by atoms with Crippen molar-refractivity contribution in [1.29, 1.82) is 0 Å². The highest BCUT2D eigenvalue weighted by atomic mass is 35.5. The van der Waals surface area contributed by atoms with Crippen molar-refractivity contribution in [1.82, 2.24) is 4.98 Å². The highest BCUT2D eigenvalue weighted by Crippen LogP contribution is 2.23. The highest BCUT2D eigenvalue weighted by Gasteiger charge is 2.12. The molecule has 0 atom stereocenters. The van der Waals surface area contributed by atoms with Gasteiger partial charge in [0.1, 0.15) is 0 Å². The minimum atomic E-state index is -0.668. The summed E-state index contributed by atoms with van der Waals surface area (Å²) >= 11 is 5.98. The van der Waals surface area contributed by atoms with Gasteiger partial charge in [-0.25, -0.2) is 4.39 Å². The van der Waals surface area contributed by atoms with Crippen LogP contribution in [0.4, 0.5) is 10.1 Å². The fourth-order valence-electron chi connectivity index (χ4n) is 1.47. The van der Waals surface area contributed by atoms with Gasteiger partial charge in [-0.05, 0) is 30.7 Å². The Morgan fingerprint density at radius 3 is 2.83 bits per heavy atom. The van der Waals surface area contributed by atoms with E-state index in [1.807, 2.05) is 13.0 Å². The van der Waals surface area contributed by atoms with Gasteiger partial charge in [0.05, 0.1) is 22.5 Å². The highest BCUT2D eigenvalue weighted by molar-refractivity contribution is 6.34. The van der Waals surface area contributed by atoms with Crippen molar-refractivity contribution in [2.24, 2.45) is 0 Å². The van der Waals surface area contributed by atoms with Crippen LogP contribution < -0.4 is 5.32 Å². The van der Waals surface area contributed by atoms with Crippen molar-refractivity contribution in [3.63, 3.8) is 0 Å². The number of nitrogens with zero attached hydrogens (tertiary/aromatic N) is 1. The Kier molecular flexibility index (Phi) is 3.58. The third-order valence-electron chi connectivity index (χ3n) is 2.39. The topological polar surface area (TPSA) is 42.0 Å². The number of aryl methyl sites for hydroxylation is 1. The van der Waals surface area contributed by atoms with Gasteiger partial charge in [0.15, 0.2) is 5.82 Å². The lowest BCUT2D eigenvalue weighted by Gasteiger charge is -2.08. The molecule has 18 heavy (non-hydrogen) atoms. The lowest BCUT2D eigenvalue weighted by Crippen LogP contribution is -2.14. The maximum absolute atomic E-state index is 13.4. The quantitative estimate of drug-likeness (QED) is 0.903. The Balaban J connectivity index is 2.24. The summed E-state index contributed by atoms with van der Waals surface area (Å²) in [6.45, 7) is 1.89. The summed E-state index contributed by atoms with van der Waals surface area (Å²) in [6.07, 6.45) is 2.35. The SMILES string of the molecule is Cc1ccc(NC(=O)c2ccncc2F)c(Cl)c1. The zero-order valence-electron chi connectivity index (χ0n) is 9.58. The van der Waals surface area contributed by atoms with Crippen LogP contribution in [0.2, 0.25) is 5.02 Å². The monoisotopic (exact) mass is 264 g/mol. The maximum Gasteiger partial charge on any atom is 0.258 e. The lowest BCUT2D eigenvalue weighted by atomic mass is 10.2. The molecule has 3 nitrogen and oxygen atoms in total. The first-order valence-corrected chi connectivity index (χ1v) is 5.63. The third kappa shape index (κ3) is 2.65. The molecule has 5 heteroatoms. The molecule has 0 spiro atoms. The molecular weight excluding hydrogens is 255 g/mol. The van der Waals surface area contributed by atoms with Crippen LogP contribution in [0.1, 0.15) is 15.9 Å². The first-order valence-electron chi connectivity index (χ1n) is 5.25. The van der Waals surface area contributed by atoms with Crippen molar-refractivity contribution >= 4 is 23.2 Å². The van der Waals surface area contributed by atoms with Gasteiger partial charge in [-0.3, -0.25) is 9.78 Å². The summed E-state index contributed by atoms with van der Waals surface area (Å²) in [6, 6.07) is 6.52. The standard InChI is InChI=1S/C13H10ClFN2O/c1-8-2-3-12(10(14)6-8)17-13(18)9-4-5-16-7-11(9)15/h2-7H,1H3,(H,17,18). The molecule has 92 valence electrons. The summed E-state index contributed by atoms with van der Waals surface area (Å²) in [5.41, 5.74) is 1.36. The van der Waals surface area contributed by atoms with Crippen molar-refractivity contribution in [3.8, 4) is 0 Å². The minimum absolute atomic E-state index is 0.0679. The number of halogens is 2. The Bertz CT molecular complexity index is 601. The fourth-order valence-corrected chi connectivity index (χ4v) is 1.75. The normalized spacial score (nSPS) is 10.2. The number of hydrogen-bond acceptors (Lipinski definition) is 2. The molecular formula is C13H10ClFN2O. The van der Waals surface area contributed by atoms with E-state index in [0.717, 1.165) is 11.8 Å². The summed E-state index contributed by atoms with van der Waals surface area (Å²) < 4.78 is 13.4. The zero-order valence-corrected chi connectivity index (χ0v) is 10.3. The average molecular weight is 265 g/mol. The number of pyridine rings is 1. The van der Waals surface area contributed by atoms with Gasteiger partial charge < -0.3 is 5.32 Å². The van der Waals surface area contributed by atoms with Crippen LogP contribution in [0, 0.1) is 12.7 Å². The van der Waals surface area contributed by atoms with Gasteiger partial charge in [0, 0.05) is 6.20 Å². The Hall–Kier alpha value is -1.94. The van der Waals surface area contributed by atoms with Gasteiger partial charge in [0.25, 0.3) is 5.91 Å². The summed E-state index contributed by atoms with van der Waals surface area (Å²) in [7, 11) is 0. The number of nitrogens with one attached hydrogen (secondary N) is 1. The van der Waals surface area contributed by atoms with Crippen LogP contribution in [0.25, 0.3) is 0 Å². The van der Waals surface area contributed by atoms with E-state index in [9.17, 15) is 9.18 Å². The molecule has 1 aromatic heterocycles. The molecule has 0 aliphatic heterocycles.